The van der Waals surface area contributed by atoms with Crippen LogP contribution in [0.3, 0.4) is 0 Å². The summed E-state index contributed by atoms with van der Waals surface area (Å²) < 4.78 is 0. The highest BCUT2D eigenvalue weighted by molar-refractivity contribution is 7.99. The second kappa shape index (κ2) is 8.06. The maximum Gasteiger partial charge on any atom is 0.324 e. The van der Waals surface area contributed by atoms with Crippen LogP contribution < -0.4 is 5.32 Å². The highest BCUT2D eigenvalue weighted by Gasteiger charge is 2.14. The number of nitrogens with one attached hydrogen (secondary N) is 1. The predicted octanol–water partition coefficient (Wildman–Crippen LogP) is 1.50. The molecule has 2 N–H and O–H groups in total. The van der Waals surface area contributed by atoms with Crippen LogP contribution in [-0.2, 0) is 0 Å². The molecule has 0 bridgehead atoms. The van der Waals surface area contributed by atoms with Crippen LogP contribution in [0.2, 0.25) is 0 Å². The number of thiophene rings is 1. The first-order chi connectivity index (χ1) is 8.65. The third kappa shape index (κ3) is 5.03. The fourth-order valence-electron chi connectivity index (χ4n) is 1.14. The van der Waals surface area contributed by atoms with Gasteiger partial charge in [-0.2, -0.15) is 11.8 Å². The molecule has 0 aliphatic carbocycles. The van der Waals surface area contributed by atoms with Crippen LogP contribution in [0.15, 0.2) is 12.1 Å². The molecule has 0 saturated heterocycles. The van der Waals surface area contributed by atoms with Crippen LogP contribution in [0.1, 0.15) is 16.1 Å². The zero-order valence-corrected chi connectivity index (χ0v) is 11.3. The number of carbonyl (C=O) groups is 1. The number of rotatable bonds is 8. The van der Waals surface area contributed by atoms with Gasteiger partial charge in [-0.15, -0.1) is 0 Å². The Kier molecular flexibility index (Phi) is 6.69. The number of nitro groups is 1. The minimum Gasteiger partial charge on any atom is -0.396 e. The Morgan fingerprint density at radius 3 is 2.89 bits per heavy atom. The van der Waals surface area contributed by atoms with Gasteiger partial charge in [-0.1, -0.05) is 11.3 Å². The lowest BCUT2D eigenvalue weighted by atomic mass is 10.4. The van der Waals surface area contributed by atoms with Gasteiger partial charge in [-0.05, 0) is 18.2 Å². The van der Waals surface area contributed by atoms with E-state index in [1.165, 1.54) is 12.1 Å². The number of carbonyl (C=O) groups excluding carboxylic acids is 1. The summed E-state index contributed by atoms with van der Waals surface area (Å²) in [5, 5.41) is 21.7. The molecule has 100 valence electrons. The molecule has 18 heavy (non-hydrogen) atoms. The van der Waals surface area contributed by atoms with Crippen LogP contribution in [0, 0.1) is 10.1 Å². The topological polar surface area (TPSA) is 92.5 Å². The van der Waals surface area contributed by atoms with E-state index in [0.29, 0.717) is 11.4 Å². The van der Waals surface area contributed by atoms with Crippen molar-refractivity contribution in [2.24, 2.45) is 0 Å². The summed E-state index contributed by atoms with van der Waals surface area (Å²) in [6.07, 6.45) is 0.746. The van der Waals surface area contributed by atoms with Crippen molar-refractivity contribution in [3.05, 3.63) is 27.1 Å². The Morgan fingerprint density at radius 2 is 2.28 bits per heavy atom. The highest BCUT2D eigenvalue weighted by atomic mass is 32.2. The third-order valence-corrected chi connectivity index (χ3v) is 4.08. The van der Waals surface area contributed by atoms with Gasteiger partial charge in [0.05, 0.1) is 9.80 Å². The summed E-state index contributed by atoms with van der Waals surface area (Å²) in [4.78, 5) is 21.9. The molecule has 1 heterocycles. The van der Waals surface area contributed by atoms with Gasteiger partial charge < -0.3 is 10.4 Å². The molecule has 0 aliphatic rings. The number of thioether (sulfide) groups is 1. The van der Waals surface area contributed by atoms with Crippen molar-refractivity contribution in [3.8, 4) is 0 Å². The fourth-order valence-corrected chi connectivity index (χ4v) is 2.66. The molecule has 0 spiro atoms. The van der Waals surface area contributed by atoms with Crippen molar-refractivity contribution in [3.63, 3.8) is 0 Å². The van der Waals surface area contributed by atoms with Gasteiger partial charge in [-0.3, -0.25) is 14.9 Å². The molecule has 1 amide bonds. The van der Waals surface area contributed by atoms with Crippen LogP contribution in [0.4, 0.5) is 5.00 Å². The molecule has 1 aromatic heterocycles. The maximum atomic E-state index is 11.6. The smallest absolute Gasteiger partial charge is 0.324 e. The Labute approximate surface area is 113 Å². The number of aliphatic hydroxyl groups excluding tert-OH is 1. The van der Waals surface area contributed by atoms with Crippen molar-refractivity contribution >= 4 is 34.0 Å². The predicted molar refractivity (Wildman–Crippen MR) is 72.3 cm³/mol. The molecule has 0 aliphatic heterocycles. The number of nitrogens with zero attached hydrogens (tertiary/aromatic N) is 1. The molecule has 6 nitrogen and oxygen atoms in total. The molecular formula is C10H14N2O4S2. The zero-order valence-electron chi connectivity index (χ0n) is 9.63. The summed E-state index contributed by atoms with van der Waals surface area (Å²) in [5.41, 5.74) is 0. The molecule has 0 fully saturated rings. The average molecular weight is 290 g/mol. The van der Waals surface area contributed by atoms with Gasteiger partial charge >= 0.3 is 5.00 Å². The third-order valence-electron chi connectivity index (χ3n) is 1.97. The van der Waals surface area contributed by atoms with Crippen LogP contribution in [0.5, 0.6) is 0 Å². The van der Waals surface area contributed by atoms with E-state index < -0.39 is 4.92 Å². The van der Waals surface area contributed by atoms with Crippen LogP contribution in [-0.4, -0.2) is 40.6 Å². The molecule has 0 saturated carbocycles. The number of aliphatic hydroxyl groups is 1. The Balaban J connectivity index is 2.25. The van der Waals surface area contributed by atoms with Gasteiger partial charge in [0.15, 0.2) is 0 Å². The first-order valence-electron chi connectivity index (χ1n) is 5.36. The SMILES string of the molecule is O=C(NCCSCCCO)c1ccc([N+](=O)[O-])s1. The molecule has 8 heteroatoms. The first-order valence-corrected chi connectivity index (χ1v) is 7.33. The average Bonchev–Trinajstić information content (AvgIpc) is 2.83. The van der Waals surface area contributed by atoms with E-state index in [-0.39, 0.29) is 17.5 Å². The van der Waals surface area contributed by atoms with Crippen molar-refractivity contribution in [2.75, 3.05) is 24.7 Å². The van der Waals surface area contributed by atoms with E-state index in [1.54, 1.807) is 11.8 Å². The van der Waals surface area contributed by atoms with Crippen molar-refractivity contribution in [1.29, 1.82) is 0 Å². The molecule has 0 aromatic carbocycles. The lowest BCUT2D eigenvalue weighted by molar-refractivity contribution is -0.380. The van der Waals surface area contributed by atoms with Gasteiger partial charge in [0.25, 0.3) is 5.91 Å². The Morgan fingerprint density at radius 1 is 1.50 bits per heavy atom. The van der Waals surface area contributed by atoms with Gasteiger partial charge in [0.2, 0.25) is 0 Å². The lowest BCUT2D eigenvalue weighted by Gasteiger charge is -2.02. The molecular weight excluding hydrogens is 276 g/mol. The van der Waals surface area contributed by atoms with Crippen molar-refractivity contribution < 1.29 is 14.8 Å². The quantitative estimate of drug-likeness (QED) is 0.430. The zero-order chi connectivity index (χ0) is 13.4. The molecule has 1 rings (SSSR count). The minimum atomic E-state index is -0.508. The second-order valence-corrected chi connectivity index (χ2v) is 5.63. The standard InChI is InChI=1S/C10H14N2O4S2/c13-5-1-6-17-7-4-11-10(14)8-2-3-9(18-8)12(15)16/h2-3,13H,1,4-7H2,(H,11,14). The normalized spacial score (nSPS) is 10.3. The lowest BCUT2D eigenvalue weighted by Crippen LogP contribution is -2.24. The summed E-state index contributed by atoms with van der Waals surface area (Å²) in [6, 6.07) is 2.78. The van der Waals surface area contributed by atoms with E-state index in [0.717, 1.165) is 29.3 Å². The van der Waals surface area contributed by atoms with E-state index >= 15 is 0 Å². The molecule has 0 unspecified atom stereocenters. The minimum absolute atomic E-state index is 0.0301. The van der Waals surface area contributed by atoms with Crippen LogP contribution >= 0.6 is 23.1 Å². The summed E-state index contributed by atoms with van der Waals surface area (Å²) in [7, 11) is 0. The Bertz CT molecular complexity index is 408. The maximum absolute atomic E-state index is 11.6. The van der Waals surface area contributed by atoms with Gasteiger partial charge in [-0.25, -0.2) is 0 Å². The fraction of sp³-hybridized carbons (Fsp3) is 0.500. The van der Waals surface area contributed by atoms with Gasteiger partial charge in [0, 0.05) is 25.0 Å². The van der Waals surface area contributed by atoms with Crippen molar-refractivity contribution in [2.45, 2.75) is 6.42 Å². The van der Waals surface area contributed by atoms with E-state index in [4.69, 9.17) is 5.11 Å². The van der Waals surface area contributed by atoms with E-state index in [1.807, 2.05) is 0 Å². The first kappa shape index (κ1) is 14.9. The van der Waals surface area contributed by atoms with Crippen LogP contribution in [0.25, 0.3) is 0 Å². The van der Waals surface area contributed by atoms with Gasteiger partial charge in [0.1, 0.15) is 0 Å². The monoisotopic (exact) mass is 290 g/mol. The van der Waals surface area contributed by atoms with Crippen molar-refractivity contribution in [1.82, 2.24) is 5.32 Å². The second-order valence-electron chi connectivity index (χ2n) is 3.34. The Hall–Kier alpha value is -1.12. The molecule has 1 aromatic rings. The largest absolute Gasteiger partial charge is 0.396 e. The number of hydrogen-bond donors (Lipinski definition) is 2. The molecule has 0 radical (unpaired) electrons. The summed E-state index contributed by atoms with van der Waals surface area (Å²) in [6.45, 7) is 0.693. The summed E-state index contributed by atoms with van der Waals surface area (Å²) in [5.74, 6) is 1.34. The van der Waals surface area contributed by atoms with E-state index in [2.05, 4.69) is 5.32 Å². The summed E-state index contributed by atoms with van der Waals surface area (Å²) >= 11 is 2.52. The van der Waals surface area contributed by atoms with E-state index in [9.17, 15) is 14.9 Å². The number of hydrogen-bond acceptors (Lipinski definition) is 6. The molecule has 0 atom stereocenters. The highest BCUT2D eigenvalue weighted by Crippen LogP contribution is 2.23. The number of amides is 1.